The van der Waals surface area contributed by atoms with E-state index in [9.17, 15) is 0 Å². The first kappa shape index (κ1) is 35.7. The second-order valence-corrected chi connectivity index (χ2v) is 20.0. The van der Waals surface area contributed by atoms with Crippen LogP contribution in [-0.4, -0.2) is 0 Å². The van der Waals surface area contributed by atoms with Crippen LogP contribution in [0.2, 0.25) is 0 Å². The minimum atomic E-state index is 0.0424. The summed E-state index contributed by atoms with van der Waals surface area (Å²) < 4.78 is 0. The summed E-state index contributed by atoms with van der Waals surface area (Å²) in [4.78, 5) is 0. The largest absolute Gasteiger partial charge is 0.0616 e. The lowest BCUT2D eigenvalue weighted by Gasteiger charge is -2.24. The van der Waals surface area contributed by atoms with E-state index in [0.717, 1.165) is 0 Å². The molecule has 1 aliphatic rings. The van der Waals surface area contributed by atoms with Crippen LogP contribution < -0.4 is 0 Å². The highest BCUT2D eigenvalue weighted by molar-refractivity contribution is 6.37. The molecule has 62 heavy (non-hydrogen) atoms. The quantitative estimate of drug-likeness (QED) is 0.121. The van der Waals surface area contributed by atoms with Crippen molar-refractivity contribution >= 4 is 86.2 Å². The van der Waals surface area contributed by atoms with E-state index in [0.29, 0.717) is 0 Å². The number of benzene rings is 12. The Morgan fingerprint density at radius 1 is 0.258 bits per heavy atom. The lowest BCUT2D eigenvalue weighted by atomic mass is 9.79. The standard InChI is InChI=1S/C62H46/c1-61(2,3)42-25-20-36(21-26-42)55-51-33-49-45-17-10-9-16-44(45)47-30-39-12-7-8-13-40(39)31-48(47)50(49)34-52(51)56(37-22-27-43(28-23-37)62(4,5)6)60-53-32-41-15-11-14-35-18-19-38-24-29-46(59(55)60)58(53)57(38)54(35)41/h7-34H,1-6H3. The van der Waals surface area contributed by atoms with Gasteiger partial charge in [0.2, 0.25) is 0 Å². The van der Waals surface area contributed by atoms with Crippen molar-refractivity contribution in [3.63, 3.8) is 0 Å². The van der Waals surface area contributed by atoms with Gasteiger partial charge in [0.1, 0.15) is 0 Å². The third-order valence-electron chi connectivity index (χ3n) is 14.4. The topological polar surface area (TPSA) is 0 Å². The summed E-state index contributed by atoms with van der Waals surface area (Å²) in [5.74, 6) is 0. The summed E-state index contributed by atoms with van der Waals surface area (Å²) in [6.07, 6.45) is 0. The first-order valence-corrected chi connectivity index (χ1v) is 22.2. The van der Waals surface area contributed by atoms with Crippen molar-refractivity contribution in [1.82, 2.24) is 0 Å². The predicted molar refractivity (Wildman–Crippen MR) is 270 cm³/mol. The molecule has 12 aromatic rings. The molecule has 0 radical (unpaired) electrons. The molecule has 12 aromatic carbocycles. The molecule has 13 rings (SSSR count). The van der Waals surface area contributed by atoms with Crippen molar-refractivity contribution in [3.05, 3.63) is 181 Å². The van der Waals surface area contributed by atoms with Crippen molar-refractivity contribution in [1.29, 1.82) is 0 Å². The Hall–Kier alpha value is -7.02. The van der Waals surface area contributed by atoms with Crippen molar-refractivity contribution in [2.45, 2.75) is 52.4 Å². The van der Waals surface area contributed by atoms with Crippen LogP contribution >= 0.6 is 0 Å². The molecule has 0 saturated carbocycles. The Labute approximate surface area is 362 Å². The highest BCUT2D eigenvalue weighted by Crippen LogP contribution is 2.60. The zero-order valence-electron chi connectivity index (χ0n) is 36.2. The Kier molecular flexibility index (Phi) is 7.09. The van der Waals surface area contributed by atoms with Gasteiger partial charge in [-0.25, -0.2) is 0 Å². The van der Waals surface area contributed by atoms with Crippen LogP contribution in [0.4, 0.5) is 0 Å². The first-order chi connectivity index (χ1) is 30.0. The zero-order chi connectivity index (χ0) is 41.8. The zero-order valence-corrected chi connectivity index (χ0v) is 36.2. The third-order valence-corrected chi connectivity index (χ3v) is 14.4. The van der Waals surface area contributed by atoms with Gasteiger partial charge >= 0.3 is 0 Å². The van der Waals surface area contributed by atoms with Crippen LogP contribution in [0.3, 0.4) is 0 Å². The molecule has 0 amide bonds. The molecule has 0 N–H and O–H groups in total. The maximum Gasteiger partial charge on any atom is -0.000719 e. The van der Waals surface area contributed by atoms with E-state index in [1.807, 2.05) is 0 Å². The van der Waals surface area contributed by atoms with Crippen molar-refractivity contribution in [2.24, 2.45) is 0 Å². The summed E-state index contributed by atoms with van der Waals surface area (Å²) in [5, 5.41) is 20.9. The van der Waals surface area contributed by atoms with Crippen LogP contribution in [0.1, 0.15) is 52.7 Å². The average Bonchev–Trinajstić information content (AvgIpc) is 3.60. The molecule has 0 atom stereocenters. The molecule has 294 valence electrons. The van der Waals surface area contributed by atoms with Crippen LogP contribution in [0, 0.1) is 0 Å². The number of rotatable bonds is 2. The number of hydrogen-bond acceptors (Lipinski definition) is 0. The summed E-state index contributed by atoms with van der Waals surface area (Å²) in [5.41, 5.74) is 13.3. The number of fused-ring (bicyclic) bond motifs is 11. The summed E-state index contributed by atoms with van der Waals surface area (Å²) in [6, 6.07) is 65.8. The normalized spacial score (nSPS) is 13.0. The summed E-state index contributed by atoms with van der Waals surface area (Å²) >= 11 is 0. The monoisotopic (exact) mass is 790 g/mol. The van der Waals surface area contributed by atoms with Crippen LogP contribution in [-0.2, 0) is 10.8 Å². The molecule has 0 aromatic heterocycles. The highest BCUT2D eigenvalue weighted by atomic mass is 14.4. The maximum absolute atomic E-state index is 2.57. The van der Waals surface area contributed by atoms with Gasteiger partial charge in [0, 0.05) is 0 Å². The SMILES string of the molecule is CC(C)(C)c1ccc(-c2c3c(c(-c4ccc(C(C)(C)C)cc4)c4cc5c6cc7ccccc7cc6c6ccccc6c5cc24)-c2cc4cccc5ccc6ccc-3c2c6c54)cc1. The van der Waals surface area contributed by atoms with Gasteiger partial charge in [-0.05, 0) is 183 Å². The van der Waals surface area contributed by atoms with Crippen LogP contribution in [0.25, 0.3) is 131 Å². The van der Waals surface area contributed by atoms with Gasteiger partial charge in [0.05, 0.1) is 0 Å². The Bertz CT molecular complexity index is 3880. The molecule has 0 spiro atoms. The van der Waals surface area contributed by atoms with Gasteiger partial charge in [0.25, 0.3) is 0 Å². The fourth-order valence-corrected chi connectivity index (χ4v) is 11.3. The van der Waals surface area contributed by atoms with Gasteiger partial charge in [-0.15, -0.1) is 0 Å². The average molecular weight is 791 g/mol. The first-order valence-electron chi connectivity index (χ1n) is 22.2. The second kappa shape index (κ2) is 12.3. The van der Waals surface area contributed by atoms with Gasteiger partial charge < -0.3 is 0 Å². The third kappa shape index (κ3) is 4.90. The second-order valence-electron chi connectivity index (χ2n) is 20.0. The molecular weight excluding hydrogens is 745 g/mol. The van der Waals surface area contributed by atoms with Gasteiger partial charge in [-0.3, -0.25) is 0 Å². The van der Waals surface area contributed by atoms with Crippen molar-refractivity contribution in [3.8, 4) is 44.5 Å². The van der Waals surface area contributed by atoms with Gasteiger partial charge in [-0.1, -0.05) is 181 Å². The van der Waals surface area contributed by atoms with Gasteiger partial charge in [-0.2, -0.15) is 0 Å². The van der Waals surface area contributed by atoms with Crippen LogP contribution in [0.15, 0.2) is 170 Å². The lowest BCUT2D eigenvalue weighted by molar-refractivity contribution is 0.590. The maximum atomic E-state index is 2.57. The van der Waals surface area contributed by atoms with E-state index in [1.54, 1.807) is 0 Å². The number of hydrogen-bond donors (Lipinski definition) is 0. The summed E-state index contributed by atoms with van der Waals surface area (Å²) in [7, 11) is 0. The predicted octanol–water partition coefficient (Wildman–Crippen LogP) is 17.9. The molecule has 0 heteroatoms. The smallest absolute Gasteiger partial charge is 0.000719 e. The van der Waals surface area contributed by atoms with E-state index < -0.39 is 0 Å². The molecule has 1 aliphatic carbocycles. The Morgan fingerprint density at radius 2 is 0.694 bits per heavy atom. The van der Waals surface area contributed by atoms with Gasteiger partial charge in [0.15, 0.2) is 0 Å². The molecule has 0 fully saturated rings. The van der Waals surface area contributed by atoms with E-state index in [-0.39, 0.29) is 10.8 Å². The Balaban J connectivity index is 1.28. The Morgan fingerprint density at radius 3 is 1.26 bits per heavy atom. The highest BCUT2D eigenvalue weighted by Gasteiger charge is 2.33. The summed E-state index contributed by atoms with van der Waals surface area (Å²) in [6.45, 7) is 13.9. The van der Waals surface area contributed by atoms with E-state index in [2.05, 4.69) is 211 Å². The molecule has 0 bridgehead atoms. The lowest BCUT2D eigenvalue weighted by Crippen LogP contribution is -2.10. The van der Waals surface area contributed by atoms with E-state index in [1.165, 1.54) is 142 Å². The fraction of sp³-hybridized carbons (Fsp3) is 0.129. The van der Waals surface area contributed by atoms with E-state index in [4.69, 9.17) is 0 Å². The molecule has 0 aliphatic heterocycles. The molecule has 0 nitrogen and oxygen atoms in total. The van der Waals surface area contributed by atoms with Crippen molar-refractivity contribution < 1.29 is 0 Å². The van der Waals surface area contributed by atoms with E-state index >= 15 is 0 Å². The molecule has 0 unspecified atom stereocenters. The fourth-order valence-electron chi connectivity index (χ4n) is 11.3. The van der Waals surface area contributed by atoms with Crippen LogP contribution in [0.5, 0.6) is 0 Å². The molecular formula is C62H46. The molecule has 0 heterocycles. The van der Waals surface area contributed by atoms with Crippen molar-refractivity contribution in [2.75, 3.05) is 0 Å². The minimum Gasteiger partial charge on any atom is -0.0616 e. The minimum absolute atomic E-state index is 0.0424. The molecule has 0 saturated heterocycles.